The van der Waals surface area contributed by atoms with Crippen LogP contribution in [0.25, 0.3) is 0 Å². The molecule has 1 aromatic heterocycles. The number of carbonyl (C=O) groups excluding carboxylic acids is 1. The van der Waals surface area contributed by atoms with Crippen LogP contribution in [0.4, 0.5) is 10.4 Å². The lowest BCUT2D eigenvalue weighted by molar-refractivity contribution is 0.0519. The Balaban J connectivity index is 1.56. The third-order valence-corrected chi connectivity index (χ3v) is 4.05. The van der Waals surface area contributed by atoms with Crippen LogP contribution >= 0.6 is 0 Å². The summed E-state index contributed by atoms with van der Waals surface area (Å²) in [7, 11) is 0. The van der Waals surface area contributed by atoms with Crippen molar-refractivity contribution in [2.75, 3.05) is 31.2 Å². The average molecular weight is 348 g/mol. The highest BCUT2D eigenvalue weighted by molar-refractivity contribution is 5.87. The molecule has 1 atom stereocenters. The molecule has 0 radical (unpaired) electrons. The summed E-state index contributed by atoms with van der Waals surface area (Å²) < 4.78 is 29.2. The van der Waals surface area contributed by atoms with Gasteiger partial charge in [-0.2, -0.15) is 4.98 Å². The third kappa shape index (κ3) is 4.49. The summed E-state index contributed by atoms with van der Waals surface area (Å²) in [5, 5.41) is 0. The van der Waals surface area contributed by atoms with E-state index < -0.39 is 5.97 Å². The second-order valence-electron chi connectivity index (χ2n) is 5.96. The molecule has 1 aromatic carbocycles. The first-order valence-corrected chi connectivity index (χ1v) is 8.41. The van der Waals surface area contributed by atoms with E-state index in [1.807, 2.05) is 4.90 Å². The molecular formula is C18H21FN2O4. The maximum Gasteiger partial charge on any atom is 0.360 e. The maximum absolute atomic E-state index is 13.2. The van der Waals surface area contributed by atoms with Crippen LogP contribution in [0, 0.1) is 11.7 Å². The van der Waals surface area contributed by atoms with Crippen LogP contribution in [0.5, 0.6) is 5.75 Å². The molecule has 3 rings (SSSR count). The standard InChI is InChI=1S/C18H21FN2O4/c1-2-23-17(22)16-12-25-18(20-16)21-8-4-5-13(10-21)11-24-15-7-3-6-14(19)9-15/h3,6-7,9,12-13H,2,4-5,8,10-11H2,1H3/t13-/m1/s1. The summed E-state index contributed by atoms with van der Waals surface area (Å²) in [6, 6.07) is 6.54. The van der Waals surface area contributed by atoms with Gasteiger partial charge in [-0.3, -0.25) is 0 Å². The molecule has 1 saturated heterocycles. The van der Waals surface area contributed by atoms with Gasteiger partial charge in [0.05, 0.1) is 13.2 Å². The van der Waals surface area contributed by atoms with Crippen molar-refractivity contribution in [2.45, 2.75) is 19.8 Å². The summed E-state index contributed by atoms with van der Waals surface area (Å²) in [6.45, 7) is 4.04. The van der Waals surface area contributed by atoms with Gasteiger partial charge in [-0.1, -0.05) is 6.07 Å². The number of anilines is 1. The Morgan fingerprint density at radius 3 is 3.16 bits per heavy atom. The van der Waals surface area contributed by atoms with Crippen molar-refractivity contribution >= 4 is 12.0 Å². The summed E-state index contributed by atoms with van der Waals surface area (Å²) in [4.78, 5) is 17.9. The van der Waals surface area contributed by atoms with E-state index in [0.29, 0.717) is 31.5 Å². The minimum Gasteiger partial charge on any atom is -0.493 e. The minimum absolute atomic E-state index is 0.176. The lowest BCUT2D eigenvalue weighted by atomic mass is 9.99. The second kappa shape index (κ2) is 8.00. The van der Waals surface area contributed by atoms with Crippen LogP contribution in [0.1, 0.15) is 30.3 Å². The van der Waals surface area contributed by atoms with Gasteiger partial charge in [0, 0.05) is 25.1 Å². The molecule has 25 heavy (non-hydrogen) atoms. The number of ether oxygens (including phenoxy) is 2. The molecule has 1 fully saturated rings. The Kier molecular flexibility index (Phi) is 5.53. The number of piperidine rings is 1. The molecule has 0 spiro atoms. The normalized spacial score (nSPS) is 17.4. The quantitative estimate of drug-likeness (QED) is 0.747. The van der Waals surface area contributed by atoms with E-state index in [9.17, 15) is 9.18 Å². The molecule has 1 aliphatic rings. The first-order chi connectivity index (χ1) is 12.2. The van der Waals surface area contributed by atoms with Gasteiger partial charge >= 0.3 is 5.97 Å². The summed E-state index contributed by atoms with van der Waals surface area (Å²) in [5.41, 5.74) is 0.176. The lowest BCUT2D eigenvalue weighted by Crippen LogP contribution is -2.38. The van der Waals surface area contributed by atoms with Gasteiger partial charge in [0.15, 0.2) is 5.69 Å². The van der Waals surface area contributed by atoms with Crippen LogP contribution in [-0.4, -0.2) is 37.3 Å². The van der Waals surface area contributed by atoms with Crippen molar-refractivity contribution in [3.63, 3.8) is 0 Å². The van der Waals surface area contributed by atoms with Crippen molar-refractivity contribution in [3.8, 4) is 5.75 Å². The second-order valence-corrected chi connectivity index (χ2v) is 5.96. The number of esters is 1. The number of rotatable bonds is 6. The zero-order valence-electron chi connectivity index (χ0n) is 14.1. The predicted octanol–water partition coefficient (Wildman–Crippen LogP) is 3.29. The number of aromatic nitrogens is 1. The van der Waals surface area contributed by atoms with Gasteiger partial charge in [-0.05, 0) is 31.9 Å². The van der Waals surface area contributed by atoms with Crippen molar-refractivity contribution < 1.29 is 23.1 Å². The van der Waals surface area contributed by atoms with E-state index in [2.05, 4.69) is 4.98 Å². The largest absolute Gasteiger partial charge is 0.493 e. The van der Waals surface area contributed by atoms with Gasteiger partial charge in [-0.25, -0.2) is 9.18 Å². The van der Waals surface area contributed by atoms with Crippen LogP contribution in [0.15, 0.2) is 34.9 Å². The lowest BCUT2D eigenvalue weighted by Gasteiger charge is -2.31. The highest BCUT2D eigenvalue weighted by Gasteiger charge is 2.25. The summed E-state index contributed by atoms with van der Waals surface area (Å²) in [6.07, 6.45) is 3.30. The van der Waals surface area contributed by atoms with Crippen molar-refractivity contribution in [2.24, 2.45) is 5.92 Å². The number of hydrogen-bond donors (Lipinski definition) is 0. The molecular weight excluding hydrogens is 327 g/mol. The number of oxazole rings is 1. The van der Waals surface area contributed by atoms with Crippen LogP contribution in [-0.2, 0) is 4.74 Å². The molecule has 7 heteroatoms. The number of nitrogens with zero attached hydrogens (tertiary/aromatic N) is 2. The highest BCUT2D eigenvalue weighted by Crippen LogP contribution is 2.24. The smallest absolute Gasteiger partial charge is 0.360 e. The monoisotopic (exact) mass is 348 g/mol. The number of hydrogen-bond acceptors (Lipinski definition) is 6. The first-order valence-electron chi connectivity index (χ1n) is 8.41. The van der Waals surface area contributed by atoms with Crippen molar-refractivity contribution in [1.29, 1.82) is 0 Å². The van der Waals surface area contributed by atoms with Crippen molar-refractivity contribution in [1.82, 2.24) is 4.98 Å². The molecule has 1 aliphatic heterocycles. The molecule has 0 unspecified atom stereocenters. The number of benzene rings is 1. The molecule has 0 saturated carbocycles. The molecule has 6 nitrogen and oxygen atoms in total. The van der Waals surface area contributed by atoms with Crippen LogP contribution in [0.2, 0.25) is 0 Å². The Morgan fingerprint density at radius 2 is 2.36 bits per heavy atom. The molecule has 0 aliphatic carbocycles. The van der Waals surface area contributed by atoms with Crippen LogP contribution < -0.4 is 9.64 Å². The summed E-state index contributed by atoms with van der Waals surface area (Å²) >= 11 is 0. The fourth-order valence-electron chi connectivity index (χ4n) is 2.85. The fraction of sp³-hybridized carbons (Fsp3) is 0.444. The van der Waals surface area contributed by atoms with Gasteiger partial charge in [0.1, 0.15) is 17.8 Å². The Labute approximate surface area is 145 Å². The van der Waals surface area contributed by atoms with E-state index in [0.717, 1.165) is 19.4 Å². The van der Waals surface area contributed by atoms with Crippen molar-refractivity contribution in [3.05, 3.63) is 42.0 Å². The van der Waals surface area contributed by atoms with Gasteiger partial charge in [0.2, 0.25) is 0 Å². The first kappa shape index (κ1) is 17.3. The average Bonchev–Trinajstić information content (AvgIpc) is 3.11. The van der Waals surface area contributed by atoms with E-state index in [1.165, 1.54) is 18.4 Å². The predicted molar refractivity (Wildman–Crippen MR) is 89.3 cm³/mol. The highest BCUT2D eigenvalue weighted by atomic mass is 19.1. The third-order valence-electron chi connectivity index (χ3n) is 4.05. The fourth-order valence-corrected chi connectivity index (χ4v) is 2.85. The molecule has 0 amide bonds. The molecule has 0 bridgehead atoms. The zero-order chi connectivity index (χ0) is 17.6. The maximum atomic E-state index is 13.2. The Hall–Kier alpha value is -2.57. The summed E-state index contributed by atoms with van der Waals surface area (Å²) in [5.74, 6) is 0.00218. The van der Waals surface area contributed by atoms with Crippen LogP contribution in [0.3, 0.4) is 0 Å². The Bertz CT molecular complexity index is 719. The minimum atomic E-state index is -0.486. The molecule has 0 N–H and O–H groups in total. The molecule has 2 aromatic rings. The van der Waals surface area contributed by atoms with E-state index >= 15 is 0 Å². The SMILES string of the molecule is CCOC(=O)c1coc(N2CCC[C@@H](COc3cccc(F)c3)C2)n1. The zero-order valence-corrected chi connectivity index (χ0v) is 14.1. The molecule has 2 heterocycles. The van der Waals surface area contributed by atoms with E-state index in [-0.39, 0.29) is 17.4 Å². The topological polar surface area (TPSA) is 64.8 Å². The number of halogens is 1. The van der Waals surface area contributed by atoms with Gasteiger partial charge in [-0.15, -0.1) is 0 Å². The molecule has 134 valence electrons. The van der Waals surface area contributed by atoms with Gasteiger partial charge in [0.25, 0.3) is 6.01 Å². The number of carbonyl (C=O) groups is 1. The van der Waals surface area contributed by atoms with Gasteiger partial charge < -0.3 is 18.8 Å². The Morgan fingerprint density at radius 1 is 1.48 bits per heavy atom. The van der Waals surface area contributed by atoms with E-state index in [4.69, 9.17) is 13.9 Å². The van der Waals surface area contributed by atoms with E-state index in [1.54, 1.807) is 19.1 Å².